The molecule has 0 bridgehead atoms. The minimum Gasteiger partial charge on any atom is -0.302 e. The molecule has 2 heterocycles. The molecule has 1 atom stereocenters. The summed E-state index contributed by atoms with van der Waals surface area (Å²) in [7, 11) is 0. The van der Waals surface area contributed by atoms with E-state index >= 15 is 0 Å². The van der Waals surface area contributed by atoms with Crippen molar-refractivity contribution in [3.05, 3.63) is 52.6 Å². The van der Waals surface area contributed by atoms with E-state index in [0.29, 0.717) is 6.54 Å². The molecule has 1 aromatic carbocycles. The minimum absolute atomic E-state index is 0.255. The highest BCUT2D eigenvalue weighted by molar-refractivity contribution is 7.09. The van der Waals surface area contributed by atoms with E-state index in [1.165, 1.54) is 0 Å². The first-order chi connectivity index (χ1) is 10.4. The van der Waals surface area contributed by atoms with Crippen LogP contribution in [0, 0.1) is 0 Å². The van der Waals surface area contributed by atoms with Crippen LogP contribution >= 0.6 is 11.3 Å². The monoisotopic (exact) mass is 299 g/mol. The first-order valence-corrected chi connectivity index (χ1v) is 7.84. The Morgan fingerprint density at radius 2 is 2.10 bits per heavy atom. The molecule has 0 aliphatic carbocycles. The average Bonchev–Trinajstić information content (AvgIpc) is 3.20. The number of nitrogens with one attached hydrogen (secondary N) is 2. The maximum Gasteiger partial charge on any atom is 0.117 e. The maximum absolute atomic E-state index is 4.38. The fourth-order valence-corrected chi connectivity index (χ4v) is 3.03. The third-order valence-corrected chi connectivity index (χ3v) is 4.23. The zero-order valence-electron chi connectivity index (χ0n) is 11.8. The summed E-state index contributed by atoms with van der Waals surface area (Å²) >= 11 is 1.68. The van der Waals surface area contributed by atoms with Gasteiger partial charge in [-0.3, -0.25) is 0 Å². The summed E-state index contributed by atoms with van der Waals surface area (Å²) in [6.07, 6.45) is 2.84. The van der Waals surface area contributed by atoms with Gasteiger partial charge in [-0.2, -0.15) is 15.4 Å². The lowest BCUT2D eigenvalue weighted by Gasteiger charge is -2.13. The number of H-pyrrole nitrogens is 1. The van der Waals surface area contributed by atoms with Crippen molar-refractivity contribution in [3.8, 4) is 11.3 Å². The fraction of sp³-hybridized carbons (Fsp3) is 0.267. The lowest BCUT2D eigenvalue weighted by molar-refractivity contribution is 0.512. The summed E-state index contributed by atoms with van der Waals surface area (Å²) in [6.45, 7) is 2.82. The summed E-state index contributed by atoms with van der Waals surface area (Å²) < 4.78 is 0. The zero-order chi connectivity index (χ0) is 14.5. The van der Waals surface area contributed by atoms with Gasteiger partial charge in [-0.05, 0) is 6.42 Å². The second-order valence-corrected chi connectivity index (χ2v) is 5.62. The first-order valence-electron chi connectivity index (χ1n) is 6.96. The molecule has 6 heteroatoms. The lowest BCUT2D eigenvalue weighted by atomic mass is 10.1. The molecule has 3 aromatic rings. The van der Waals surface area contributed by atoms with Crippen LogP contribution < -0.4 is 5.32 Å². The molecule has 1 unspecified atom stereocenters. The number of hydrogen-bond donors (Lipinski definition) is 2. The quantitative estimate of drug-likeness (QED) is 0.733. The SMILES string of the molecule is CCC(NCc1n[nH]nc1-c1ccccc1)c1nccs1. The van der Waals surface area contributed by atoms with E-state index in [2.05, 4.69) is 32.6 Å². The Morgan fingerprint density at radius 3 is 2.81 bits per heavy atom. The molecule has 0 amide bonds. The third kappa shape index (κ3) is 3.17. The maximum atomic E-state index is 4.38. The van der Waals surface area contributed by atoms with E-state index in [4.69, 9.17) is 0 Å². The Balaban J connectivity index is 1.73. The van der Waals surface area contributed by atoms with Crippen molar-refractivity contribution in [1.82, 2.24) is 25.7 Å². The molecule has 3 rings (SSSR count). The normalized spacial score (nSPS) is 12.4. The molecule has 5 nitrogen and oxygen atoms in total. The highest BCUT2D eigenvalue weighted by atomic mass is 32.1. The Morgan fingerprint density at radius 1 is 1.24 bits per heavy atom. The molecule has 0 radical (unpaired) electrons. The van der Waals surface area contributed by atoms with Gasteiger partial charge in [-0.15, -0.1) is 11.3 Å². The largest absolute Gasteiger partial charge is 0.302 e. The fourth-order valence-electron chi connectivity index (χ4n) is 2.24. The van der Waals surface area contributed by atoms with Crippen molar-refractivity contribution in [2.24, 2.45) is 0 Å². The van der Waals surface area contributed by atoms with Crippen molar-refractivity contribution in [2.45, 2.75) is 25.9 Å². The predicted octanol–water partition coefficient (Wildman–Crippen LogP) is 3.17. The van der Waals surface area contributed by atoms with E-state index in [0.717, 1.165) is 28.4 Å². The Kier molecular flexibility index (Phi) is 4.37. The van der Waals surface area contributed by atoms with Crippen LogP contribution in [-0.4, -0.2) is 20.4 Å². The highest BCUT2D eigenvalue weighted by Gasteiger charge is 2.14. The Hall–Kier alpha value is -2.05. The van der Waals surface area contributed by atoms with Crippen LogP contribution in [0.3, 0.4) is 0 Å². The van der Waals surface area contributed by atoms with Gasteiger partial charge in [0.25, 0.3) is 0 Å². The first kappa shape index (κ1) is 13.9. The summed E-state index contributed by atoms with van der Waals surface area (Å²) in [5, 5.41) is 17.9. The molecule has 0 spiro atoms. The number of aromatic amines is 1. The van der Waals surface area contributed by atoms with Gasteiger partial charge in [-0.1, -0.05) is 37.3 Å². The molecular formula is C15H17N5S. The molecule has 2 aromatic heterocycles. The van der Waals surface area contributed by atoms with Crippen LogP contribution in [0.1, 0.15) is 30.1 Å². The second-order valence-electron chi connectivity index (χ2n) is 4.70. The van der Waals surface area contributed by atoms with Crippen molar-refractivity contribution in [1.29, 1.82) is 0 Å². The van der Waals surface area contributed by atoms with Gasteiger partial charge in [0, 0.05) is 23.7 Å². The van der Waals surface area contributed by atoms with E-state index in [-0.39, 0.29) is 6.04 Å². The summed E-state index contributed by atoms with van der Waals surface area (Å²) in [4.78, 5) is 4.38. The number of thiazole rings is 1. The second kappa shape index (κ2) is 6.60. The lowest BCUT2D eigenvalue weighted by Crippen LogP contribution is -2.20. The van der Waals surface area contributed by atoms with Crippen molar-refractivity contribution < 1.29 is 0 Å². The van der Waals surface area contributed by atoms with Crippen LogP contribution in [0.15, 0.2) is 41.9 Å². The molecule has 0 saturated heterocycles. The molecular weight excluding hydrogens is 282 g/mol. The number of hydrogen-bond acceptors (Lipinski definition) is 5. The third-order valence-electron chi connectivity index (χ3n) is 3.34. The summed E-state index contributed by atoms with van der Waals surface area (Å²) in [5.74, 6) is 0. The van der Waals surface area contributed by atoms with Crippen LogP contribution in [-0.2, 0) is 6.54 Å². The number of rotatable bonds is 6. The van der Waals surface area contributed by atoms with Gasteiger partial charge in [0.1, 0.15) is 16.4 Å². The standard InChI is InChI=1S/C15H17N5S/c1-2-12(15-16-8-9-21-15)17-10-13-14(19-20-18-13)11-6-4-3-5-7-11/h3-9,12,17H,2,10H2,1H3,(H,18,19,20). The molecule has 0 aliphatic rings. The van der Waals surface area contributed by atoms with Crippen LogP contribution in [0.2, 0.25) is 0 Å². The molecule has 21 heavy (non-hydrogen) atoms. The number of nitrogens with zero attached hydrogens (tertiary/aromatic N) is 3. The van der Waals surface area contributed by atoms with Crippen molar-refractivity contribution >= 4 is 11.3 Å². The smallest absolute Gasteiger partial charge is 0.117 e. The molecule has 2 N–H and O–H groups in total. The van der Waals surface area contributed by atoms with E-state index in [9.17, 15) is 0 Å². The zero-order valence-corrected chi connectivity index (χ0v) is 12.6. The highest BCUT2D eigenvalue weighted by Crippen LogP contribution is 2.22. The van der Waals surface area contributed by atoms with Gasteiger partial charge in [0.15, 0.2) is 0 Å². The molecule has 108 valence electrons. The van der Waals surface area contributed by atoms with E-state index in [1.54, 1.807) is 11.3 Å². The van der Waals surface area contributed by atoms with Crippen molar-refractivity contribution in [3.63, 3.8) is 0 Å². The molecule has 0 fully saturated rings. The van der Waals surface area contributed by atoms with Crippen LogP contribution in [0.4, 0.5) is 0 Å². The summed E-state index contributed by atoms with van der Waals surface area (Å²) in [6, 6.07) is 10.3. The Bertz CT molecular complexity index is 662. The van der Waals surface area contributed by atoms with E-state index in [1.807, 2.05) is 41.9 Å². The van der Waals surface area contributed by atoms with Gasteiger partial charge >= 0.3 is 0 Å². The van der Waals surface area contributed by atoms with Crippen molar-refractivity contribution in [2.75, 3.05) is 0 Å². The summed E-state index contributed by atoms with van der Waals surface area (Å²) in [5.41, 5.74) is 2.90. The Labute approximate surface area is 127 Å². The van der Waals surface area contributed by atoms with Gasteiger partial charge < -0.3 is 5.32 Å². The van der Waals surface area contributed by atoms with Gasteiger partial charge in [0.2, 0.25) is 0 Å². The van der Waals surface area contributed by atoms with E-state index < -0.39 is 0 Å². The van der Waals surface area contributed by atoms with Crippen LogP contribution in [0.25, 0.3) is 11.3 Å². The number of benzene rings is 1. The van der Waals surface area contributed by atoms with Gasteiger partial charge in [-0.25, -0.2) is 4.98 Å². The molecule has 0 aliphatic heterocycles. The molecule has 0 saturated carbocycles. The predicted molar refractivity (Wildman–Crippen MR) is 83.8 cm³/mol. The average molecular weight is 299 g/mol. The number of aromatic nitrogens is 4. The van der Waals surface area contributed by atoms with Gasteiger partial charge in [0.05, 0.1) is 6.04 Å². The minimum atomic E-state index is 0.255. The topological polar surface area (TPSA) is 66.5 Å². The van der Waals surface area contributed by atoms with Crippen LogP contribution in [0.5, 0.6) is 0 Å².